The molecule has 0 aromatic carbocycles. The van der Waals surface area contributed by atoms with Crippen LogP contribution in [0.15, 0.2) is 0 Å². The van der Waals surface area contributed by atoms with Crippen molar-refractivity contribution in [2.75, 3.05) is 25.4 Å². The van der Waals surface area contributed by atoms with Crippen LogP contribution in [0.3, 0.4) is 0 Å². The van der Waals surface area contributed by atoms with Crippen LogP contribution in [-0.2, 0) is 14.8 Å². The molecule has 0 saturated carbocycles. The third kappa shape index (κ3) is 4.06. The lowest BCUT2D eigenvalue weighted by Gasteiger charge is -2.43. The molecule has 2 saturated heterocycles. The first-order chi connectivity index (χ1) is 10.7. The maximum Gasteiger partial charge on any atom is 0.241 e. The van der Waals surface area contributed by atoms with E-state index in [4.69, 9.17) is 5.73 Å². The molecule has 2 heterocycles. The Morgan fingerprint density at radius 3 is 2.57 bits per heavy atom. The summed E-state index contributed by atoms with van der Waals surface area (Å²) in [5, 5.41) is 0. The summed E-state index contributed by atoms with van der Waals surface area (Å²) in [5.74, 6) is 0.103. The summed E-state index contributed by atoms with van der Waals surface area (Å²) in [5.41, 5.74) is 6.01. The van der Waals surface area contributed by atoms with Crippen LogP contribution in [-0.4, -0.2) is 61.0 Å². The van der Waals surface area contributed by atoms with Gasteiger partial charge in [-0.3, -0.25) is 4.79 Å². The molecular formula is C16H31N3O3S. The maximum atomic E-state index is 12.9. The highest BCUT2D eigenvalue weighted by Gasteiger charge is 2.43. The van der Waals surface area contributed by atoms with Crippen LogP contribution in [0.2, 0.25) is 0 Å². The molecule has 2 unspecified atom stereocenters. The van der Waals surface area contributed by atoms with Gasteiger partial charge in [0.15, 0.2) is 0 Å². The van der Waals surface area contributed by atoms with Crippen molar-refractivity contribution in [3.8, 4) is 0 Å². The number of likely N-dealkylation sites (tertiary alicyclic amines) is 1. The number of nitrogens with zero attached hydrogens (tertiary/aromatic N) is 2. The monoisotopic (exact) mass is 345 g/mol. The Kier molecular flexibility index (Phi) is 5.74. The fourth-order valence-electron chi connectivity index (χ4n) is 3.54. The second-order valence-corrected chi connectivity index (χ2v) is 9.62. The predicted octanol–water partition coefficient (Wildman–Crippen LogP) is 1.17. The molecule has 0 aromatic heterocycles. The number of carbonyl (C=O) groups is 1. The topological polar surface area (TPSA) is 83.7 Å². The van der Waals surface area contributed by atoms with Gasteiger partial charge in [0.1, 0.15) is 6.04 Å². The number of hydrogen-bond donors (Lipinski definition) is 1. The van der Waals surface area contributed by atoms with Gasteiger partial charge in [-0.15, -0.1) is 0 Å². The van der Waals surface area contributed by atoms with Gasteiger partial charge >= 0.3 is 0 Å². The Morgan fingerprint density at radius 1 is 1.26 bits per heavy atom. The summed E-state index contributed by atoms with van der Waals surface area (Å²) in [6, 6.07) is -0.429. The van der Waals surface area contributed by atoms with Crippen molar-refractivity contribution in [2.45, 2.75) is 65.0 Å². The molecule has 2 rings (SSSR count). The van der Waals surface area contributed by atoms with E-state index in [1.54, 1.807) is 0 Å². The summed E-state index contributed by atoms with van der Waals surface area (Å²) in [4.78, 5) is 14.7. The first kappa shape index (κ1) is 18.7. The zero-order chi connectivity index (χ0) is 17.3. The minimum absolute atomic E-state index is 0.0393. The molecule has 0 spiro atoms. The van der Waals surface area contributed by atoms with Crippen LogP contribution < -0.4 is 5.73 Å². The standard InChI is InChI=1S/C16H31N3O3S/c1-4-5-11-23(21,22)19-9-6-7-13(19)15(20)18-10-8-14(17)16(2,3)12-18/h13-14H,4-12,17H2,1-3H3. The van der Waals surface area contributed by atoms with Gasteiger partial charge in [0.25, 0.3) is 0 Å². The van der Waals surface area contributed by atoms with Crippen molar-refractivity contribution >= 4 is 15.9 Å². The number of piperidine rings is 1. The van der Waals surface area contributed by atoms with Gasteiger partial charge in [-0.1, -0.05) is 27.2 Å². The summed E-state index contributed by atoms with van der Waals surface area (Å²) in [6.45, 7) is 7.82. The van der Waals surface area contributed by atoms with E-state index in [2.05, 4.69) is 13.8 Å². The number of sulfonamides is 1. The predicted molar refractivity (Wildman–Crippen MR) is 91.4 cm³/mol. The molecule has 2 N–H and O–H groups in total. The Hall–Kier alpha value is -0.660. The van der Waals surface area contributed by atoms with E-state index in [1.165, 1.54) is 4.31 Å². The highest BCUT2D eigenvalue weighted by molar-refractivity contribution is 7.89. The molecule has 0 bridgehead atoms. The van der Waals surface area contributed by atoms with Gasteiger partial charge in [-0.2, -0.15) is 4.31 Å². The SMILES string of the molecule is CCCCS(=O)(=O)N1CCCC1C(=O)N1CCC(N)C(C)(C)C1. The van der Waals surface area contributed by atoms with Crippen molar-refractivity contribution in [3.63, 3.8) is 0 Å². The molecule has 2 aliphatic rings. The van der Waals surface area contributed by atoms with E-state index < -0.39 is 16.1 Å². The summed E-state index contributed by atoms with van der Waals surface area (Å²) in [7, 11) is -3.33. The summed E-state index contributed by atoms with van der Waals surface area (Å²) < 4.78 is 26.5. The van der Waals surface area contributed by atoms with E-state index in [9.17, 15) is 13.2 Å². The fourth-order valence-corrected chi connectivity index (χ4v) is 5.42. The first-order valence-electron chi connectivity index (χ1n) is 8.73. The zero-order valence-electron chi connectivity index (χ0n) is 14.6. The Bertz CT molecular complexity index is 533. The Morgan fingerprint density at radius 2 is 1.96 bits per heavy atom. The molecule has 2 aliphatic heterocycles. The van der Waals surface area contributed by atoms with Crippen LogP contribution in [0.1, 0.15) is 52.9 Å². The molecule has 7 heteroatoms. The normalized spacial score (nSPS) is 29.0. The smallest absolute Gasteiger partial charge is 0.241 e. The molecule has 2 atom stereocenters. The van der Waals surface area contributed by atoms with Crippen molar-refractivity contribution in [2.24, 2.45) is 11.1 Å². The lowest BCUT2D eigenvalue weighted by molar-refractivity contribution is -0.138. The van der Waals surface area contributed by atoms with Crippen LogP contribution in [0.5, 0.6) is 0 Å². The molecule has 6 nitrogen and oxygen atoms in total. The average molecular weight is 346 g/mol. The van der Waals surface area contributed by atoms with Gasteiger partial charge in [0.2, 0.25) is 15.9 Å². The van der Waals surface area contributed by atoms with E-state index in [1.807, 2.05) is 11.8 Å². The lowest BCUT2D eigenvalue weighted by atomic mass is 9.79. The number of unbranched alkanes of at least 4 members (excludes halogenated alkanes) is 1. The molecular weight excluding hydrogens is 314 g/mol. The average Bonchev–Trinajstić information content (AvgIpc) is 2.97. The van der Waals surface area contributed by atoms with Gasteiger partial charge in [0.05, 0.1) is 5.75 Å². The summed E-state index contributed by atoms with van der Waals surface area (Å²) >= 11 is 0. The summed E-state index contributed by atoms with van der Waals surface area (Å²) in [6.07, 6.45) is 3.65. The number of amides is 1. The van der Waals surface area contributed by atoms with Crippen molar-refractivity contribution in [1.82, 2.24) is 9.21 Å². The van der Waals surface area contributed by atoms with E-state index in [-0.39, 0.29) is 23.1 Å². The van der Waals surface area contributed by atoms with Gasteiger partial charge < -0.3 is 10.6 Å². The Labute approximate surface area is 140 Å². The maximum absolute atomic E-state index is 12.9. The van der Waals surface area contributed by atoms with Crippen LogP contribution in [0, 0.1) is 5.41 Å². The third-order valence-electron chi connectivity index (χ3n) is 5.23. The molecule has 0 radical (unpaired) electrons. The third-order valence-corrected chi connectivity index (χ3v) is 7.18. The van der Waals surface area contributed by atoms with Crippen LogP contribution >= 0.6 is 0 Å². The molecule has 2 fully saturated rings. The van der Waals surface area contributed by atoms with Crippen molar-refractivity contribution in [1.29, 1.82) is 0 Å². The van der Waals surface area contributed by atoms with Crippen molar-refractivity contribution in [3.05, 3.63) is 0 Å². The van der Waals surface area contributed by atoms with Crippen LogP contribution in [0.4, 0.5) is 0 Å². The fraction of sp³-hybridized carbons (Fsp3) is 0.938. The van der Waals surface area contributed by atoms with Crippen LogP contribution in [0.25, 0.3) is 0 Å². The number of nitrogens with two attached hydrogens (primary N) is 1. The number of carbonyl (C=O) groups excluding carboxylic acids is 1. The largest absolute Gasteiger partial charge is 0.341 e. The van der Waals surface area contributed by atoms with Gasteiger partial charge in [-0.25, -0.2) is 8.42 Å². The molecule has 0 aromatic rings. The number of hydrogen-bond acceptors (Lipinski definition) is 4. The van der Waals surface area contributed by atoms with E-state index in [0.717, 1.165) is 19.3 Å². The molecule has 0 aliphatic carbocycles. The highest BCUT2D eigenvalue weighted by atomic mass is 32.2. The van der Waals surface area contributed by atoms with Crippen molar-refractivity contribution < 1.29 is 13.2 Å². The van der Waals surface area contributed by atoms with Gasteiger partial charge in [0, 0.05) is 25.7 Å². The lowest BCUT2D eigenvalue weighted by Crippen LogP contribution is -2.57. The first-order valence-corrected chi connectivity index (χ1v) is 10.3. The van der Waals surface area contributed by atoms with E-state index >= 15 is 0 Å². The quantitative estimate of drug-likeness (QED) is 0.810. The van der Waals surface area contributed by atoms with Gasteiger partial charge in [-0.05, 0) is 31.1 Å². The molecule has 1 amide bonds. The number of rotatable bonds is 5. The second-order valence-electron chi connectivity index (χ2n) is 7.58. The minimum atomic E-state index is -3.33. The second kappa shape index (κ2) is 7.07. The minimum Gasteiger partial charge on any atom is -0.341 e. The molecule has 23 heavy (non-hydrogen) atoms. The highest BCUT2D eigenvalue weighted by Crippen LogP contribution is 2.30. The zero-order valence-corrected chi connectivity index (χ0v) is 15.4. The van der Waals surface area contributed by atoms with E-state index in [0.29, 0.717) is 32.5 Å². The molecule has 134 valence electrons. The Balaban J connectivity index is 2.09.